The Bertz CT molecular complexity index is 640. The van der Waals surface area contributed by atoms with Gasteiger partial charge in [-0.25, -0.2) is 8.42 Å². The molecule has 1 rings (SSSR count). The maximum atomic E-state index is 12.2. The fraction of sp³-hybridized carbons (Fsp3) is 0.429. The topological polar surface area (TPSA) is 130 Å². The minimum atomic E-state index is -4.02. The molecule has 1 aromatic rings. The third kappa shape index (κ3) is 6.25. The van der Waals surface area contributed by atoms with Gasteiger partial charge in [0.05, 0.1) is 11.5 Å². The molecule has 1 atom stereocenters. The van der Waals surface area contributed by atoms with Gasteiger partial charge in [-0.05, 0) is 44.0 Å². The Balaban J connectivity index is 2.80. The molecule has 0 bridgehead atoms. The second kappa shape index (κ2) is 8.49. The Hall–Kier alpha value is -2.13. The van der Waals surface area contributed by atoms with Gasteiger partial charge in [-0.1, -0.05) is 0 Å². The molecule has 0 aliphatic rings. The van der Waals surface area contributed by atoms with E-state index >= 15 is 0 Å². The van der Waals surface area contributed by atoms with Gasteiger partial charge in [-0.15, -0.1) is 0 Å². The van der Waals surface area contributed by atoms with E-state index in [1.165, 1.54) is 24.3 Å². The van der Waals surface area contributed by atoms with Gasteiger partial charge in [0.15, 0.2) is 0 Å². The van der Waals surface area contributed by atoms with Gasteiger partial charge < -0.3 is 14.9 Å². The standard InChI is InChI=1S/C14H19NO7S/c1-2-22-10-6-8-11(9-7-10)23(20,21)15-12(14(18)19)4-3-5-13(16)17/h6-9,12,15H,2-5H2,1H3,(H,16,17)(H,18,19). The molecule has 0 saturated heterocycles. The highest BCUT2D eigenvalue weighted by atomic mass is 32.2. The van der Waals surface area contributed by atoms with Gasteiger partial charge in [0.1, 0.15) is 11.8 Å². The van der Waals surface area contributed by atoms with Crippen LogP contribution >= 0.6 is 0 Å². The van der Waals surface area contributed by atoms with Crippen LogP contribution in [0.2, 0.25) is 0 Å². The van der Waals surface area contributed by atoms with Crippen molar-refractivity contribution in [2.45, 2.75) is 37.1 Å². The second-order valence-electron chi connectivity index (χ2n) is 4.70. The number of hydrogen-bond acceptors (Lipinski definition) is 5. The molecule has 0 fully saturated rings. The number of carboxylic acids is 2. The van der Waals surface area contributed by atoms with Crippen molar-refractivity contribution < 1.29 is 33.0 Å². The SMILES string of the molecule is CCOc1ccc(S(=O)(=O)NC(CCCC(=O)O)C(=O)O)cc1. The summed E-state index contributed by atoms with van der Waals surface area (Å²) in [5, 5.41) is 17.6. The number of aliphatic carboxylic acids is 2. The second-order valence-corrected chi connectivity index (χ2v) is 6.42. The molecule has 23 heavy (non-hydrogen) atoms. The summed E-state index contributed by atoms with van der Waals surface area (Å²) in [6.45, 7) is 2.23. The van der Waals surface area contributed by atoms with Gasteiger partial charge in [0, 0.05) is 6.42 Å². The van der Waals surface area contributed by atoms with E-state index < -0.39 is 28.0 Å². The predicted octanol–water partition coefficient (Wildman–Crippen LogP) is 1.07. The smallest absolute Gasteiger partial charge is 0.321 e. The first-order chi connectivity index (χ1) is 10.8. The van der Waals surface area contributed by atoms with Crippen molar-refractivity contribution in [3.8, 4) is 5.75 Å². The van der Waals surface area contributed by atoms with E-state index in [-0.39, 0.29) is 24.2 Å². The summed E-state index contributed by atoms with van der Waals surface area (Å²) in [5.74, 6) is -1.92. The molecule has 0 amide bonds. The Kier molecular flexibility index (Phi) is 6.98. The van der Waals surface area contributed by atoms with Crippen molar-refractivity contribution >= 4 is 22.0 Å². The minimum Gasteiger partial charge on any atom is -0.494 e. The summed E-state index contributed by atoms with van der Waals surface area (Å²) >= 11 is 0. The van der Waals surface area contributed by atoms with Gasteiger partial charge in [-0.3, -0.25) is 9.59 Å². The van der Waals surface area contributed by atoms with Crippen LogP contribution in [0, 0.1) is 0 Å². The fourth-order valence-electron chi connectivity index (χ4n) is 1.83. The lowest BCUT2D eigenvalue weighted by Crippen LogP contribution is -2.40. The highest BCUT2D eigenvalue weighted by molar-refractivity contribution is 7.89. The Morgan fingerprint density at radius 2 is 1.83 bits per heavy atom. The van der Waals surface area contributed by atoms with Crippen LogP contribution in [0.4, 0.5) is 0 Å². The van der Waals surface area contributed by atoms with Crippen LogP contribution in [0.3, 0.4) is 0 Å². The maximum absolute atomic E-state index is 12.2. The number of benzene rings is 1. The lowest BCUT2D eigenvalue weighted by atomic mass is 10.1. The highest BCUT2D eigenvalue weighted by Gasteiger charge is 2.25. The summed E-state index contributed by atoms with van der Waals surface area (Å²) in [6.07, 6.45) is -0.287. The Morgan fingerprint density at radius 1 is 1.22 bits per heavy atom. The van der Waals surface area contributed by atoms with E-state index in [2.05, 4.69) is 4.72 Å². The van der Waals surface area contributed by atoms with Gasteiger partial charge in [-0.2, -0.15) is 4.72 Å². The summed E-state index contributed by atoms with van der Waals surface area (Å²) in [7, 11) is -4.02. The molecule has 0 spiro atoms. The number of sulfonamides is 1. The Morgan fingerprint density at radius 3 is 2.30 bits per heavy atom. The van der Waals surface area contributed by atoms with Crippen molar-refractivity contribution in [3.63, 3.8) is 0 Å². The number of nitrogens with one attached hydrogen (secondary N) is 1. The third-order valence-electron chi connectivity index (χ3n) is 2.92. The number of rotatable bonds is 10. The minimum absolute atomic E-state index is 0.0537. The van der Waals surface area contributed by atoms with E-state index in [1.54, 1.807) is 6.92 Å². The molecule has 0 aliphatic heterocycles. The van der Waals surface area contributed by atoms with Crippen LogP contribution < -0.4 is 9.46 Å². The molecule has 0 aromatic heterocycles. The summed E-state index contributed by atoms with van der Waals surface area (Å²) < 4.78 is 31.6. The average molecular weight is 345 g/mol. The number of carbonyl (C=O) groups is 2. The molecule has 0 heterocycles. The van der Waals surface area contributed by atoms with E-state index in [9.17, 15) is 18.0 Å². The van der Waals surface area contributed by atoms with Gasteiger partial charge >= 0.3 is 11.9 Å². The van der Waals surface area contributed by atoms with Crippen molar-refractivity contribution in [3.05, 3.63) is 24.3 Å². The van der Waals surface area contributed by atoms with Crippen molar-refractivity contribution in [1.29, 1.82) is 0 Å². The third-order valence-corrected chi connectivity index (χ3v) is 4.41. The van der Waals surface area contributed by atoms with Crippen LogP contribution in [0.1, 0.15) is 26.2 Å². The lowest BCUT2D eigenvalue weighted by molar-refractivity contribution is -0.140. The van der Waals surface area contributed by atoms with E-state index in [0.717, 1.165) is 0 Å². The van der Waals surface area contributed by atoms with Crippen LogP contribution in [0.5, 0.6) is 5.75 Å². The van der Waals surface area contributed by atoms with Crippen LogP contribution in [-0.4, -0.2) is 43.2 Å². The van der Waals surface area contributed by atoms with Crippen LogP contribution in [0.25, 0.3) is 0 Å². The molecular weight excluding hydrogens is 326 g/mol. The normalized spacial score (nSPS) is 12.6. The number of carboxylic acid groups (broad SMARTS) is 2. The first-order valence-electron chi connectivity index (χ1n) is 6.96. The Labute approximate surface area is 134 Å². The molecule has 9 heteroatoms. The van der Waals surface area contributed by atoms with Crippen LogP contribution in [0.15, 0.2) is 29.2 Å². The quantitative estimate of drug-likeness (QED) is 0.578. The first-order valence-corrected chi connectivity index (χ1v) is 8.44. The molecule has 8 nitrogen and oxygen atoms in total. The number of ether oxygens (including phenoxy) is 1. The molecular formula is C14H19NO7S. The summed E-state index contributed by atoms with van der Waals surface area (Å²) in [4.78, 5) is 21.5. The molecule has 3 N–H and O–H groups in total. The van der Waals surface area contributed by atoms with Crippen molar-refractivity contribution in [1.82, 2.24) is 4.72 Å². The fourth-order valence-corrected chi connectivity index (χ4v) is 3.05. The molecule has 0 aliphatic carbocycles. The van der Waals surface area contributed by atoms with Crippen LogP contribution in [-0.2, 0) is 19.6 Å². The summed E-state index contributed by atoms with van der Waals surface area (Å²) in [6, 6.07) is 4.18. The molecule has 0 saturated carbocycles. The molecule has 1 aromatic carbocycles. The lowest BCUT2D eigenvalue weighted by Gasteiger charge is -2.14. The first kappa shape index (κ1) is 18.9. The van der Waals surface area contributed by atoms with Gasteiger partial charge in [0.2, 0.25) is 10.0 Å². The zero-order valence-electron chi connectivity index (χ0n) is 12.6. The zero-order valence-corrected chi connectivity index (χ0v) is 13.4. The van der Waals surface area contributed by atoms with E-state index in [4.69, 9.17) is 14.9 Å². The maximum Gasteiger partial charge on any atom is 0.321 e. The molecule has 0 radical (unpaired) electrons. The molecule has 128 valence electrons. The van der Waals surface area contributed by atoms with Crippen molar-refractivity contribution in [2.24, 2.45) is 0 Å². The average Bonchev–Trinajstić information content (AvgIpc) is 2.46. The number of hydrogen-bond donors (Lipinski definition) is 3. The molecule has 1 unspecified atom stereocenters. The monoisotopic (exact) mass is 345 g/mol. The van der Waals surface area contributed by atoms with E-state index in [0.29, 0.717) is 12.4 Å². The zero-order chi connectivity index (χ0) is 17.5. The largest absolute Gasteiger partial charge is 0.494 e. The summed E-state index contributed by atoms with van der Waals surface area (Å²) in [5.41, 5.74) is 0. The van der Waals surface area contributed by atoms with Crippen molar-refractivity contribution in [2.75, 3.05) is 6.61 Å². The van der Waals surface area contributed by atoms with Gasteiger partial charge in [0.25, 0.3) is 0 Å². The predicted molar refractivity (Wildman–Crippen MR) is 80.8 cm³/mol. The highest BCUT2D eigenvalue weighted by Crippen LogP contribution is 2.17. The van der Waals surface area contributed by atoms with E-state index in [1.807, 2.05) is 0 Å².